The third-order valence-corrected chi connectivity index (χ3v) is 4.72. The normalized spacial score (nSPS) is 21.0. The van der Waals surface area contributed by atoms with Gasteiger partial charge in [-0.2, -0.15) is 0 Å². The van der Waals surface area contributed by atoms with Gasteiger partial charge in [0.1, 0.15) is 11.5 Å². The standard InChI is InChI=1S/C17H21N5O/c23-17(14-12-21-10-8-18-7-5-16(21)20-14)22-9-2-4-15(22)13-3-1-6-19-11-13/h1,3,6,11-12,15,18H,2,4-5,7-10H2. The quantitative estimate of drug-likeness (QED) is 0.910. The Kier molecular flexibility index (Phi) is 3.83. The average molecular weight is 311 g/mol. The molecule has 1 N–H and O–H groups in total. The van der Waals surface area contributed by atoms with Crippen LogP contribution in [0.4, 0.5) is 0 Å². The summed E-state index contributed by atoms with van der Waals surface area (Å²) in [4.78, 5) is 23.7. The average Bonchev–Trinajstić information content (AvgIpc) is 3.18. The summed E-state index contributed by atoms with van der Waals surface area (Å²) in [6, 6.07) is 4.11. The Balaban J connectivity index is 1.59. The maximum absolute atomic E-state index is 12.9. The highest BCUT2D eigenvalue weighted by Crippen LogP contribution is 2.32. The zero-order valence-corrected chi connectivity index (χ0v) is 13.1. The van der Waals surface area contributed by atoms with E-state index < -0.39 is 0 Å². The van der Waals surface area contributed by atoms with Crippen molar-refractivity contribution in [1.29, 1.82) is 0 Å². The molecule has 2 aliphatic rings. The van der Waals surface area contributed by atoms with Gasteiger partial charge in [-0.05, 0) is 24.5 Å². The van der Waals surface area contributed by atoms with Gasteiger partial charge in [0.25, 0.3) is 5.91 Å². The Morgan fingerprint density at radius 3 is 3.13 bits per heavy atom. The van der Waals surface area contributed by atoms with Crippen LogP contribution in [0.5, 0.6) is 0 Å². The number of likely N-dealkylation sites (tertiary alicyclic amines) is 1. The van der Waals surface area contributed by atoms with E-state index in [-0.39, 0.29) is 11.9 Å². The number of rotatable bonds is 2. The SMILES string of the molecule is O=C(c1cn2c(n1)CCNCC2)N1CCCC1c1cccnc1. The summed E-state index contributed by atoms with van der Waals surface area (Å²) < 4.78 is 2.11. The maximum Gasteiger partial charge on any atom is 0.274 e. The number of fused-ring (bicyclic) bond motifs is 1. The first-order chi connectivity index (χ1) is 11.3. The molecule has 0 aliphatic carbocycles. The van der Waals surface area contributed by atoms with Gasteiger partial charge < -0.3 is 14.8 Å². The first-order valence-electron chi connectivity index (χ1n) is 8.30. The molecule has 0 aromatic carbocycles. The van der Waals surface area contributed by atoms with Crippen molar-refractivity contribution in [3.05, 3.63) is 47.8 Å². The lowest BCUT2D eigenvalue weighted by molar-refractivity contribution is 0.0729. The molecule has 23 heavy (non-hydrogen) atoms. The van der Waals surface area contributed by atoms with E-state index in [4.69, 9.17) is 0 Å². The molecule has 0 spiro atoms. The monoisotopic (exact) mass is 311 g/mol. The van der Waals surface area contributed by atoms with Gasteiger partial charge in [-0.1, -0.05) is 6.07 Å². The molecular weight excluding hydrogens is 290 g/mol. The summed E-state index contributed by atoms with van der Waals surface area (Å²) in [5.74, 6) is 1.06. The number of nitrogens with one attached hydrogen (secondary N) is 1. The minimum atomic E-state index is 0.0462. The lowest BCUT2D eigenvalue weighted by atomic mass is 10.1. The van der Waals surface area contributed by atoms with Gasteiger partial charge in [-0.15, -0.1) is 0 Å². The molecule has 1 atom stereocenters. The third kappa shape index (κ3) is 2.74. The fraction of sp³-hybridized carbons (Fsp3) is 0.471. The number of amides is 1. The number of hydrogen-bond donors (Lipinski definition) is 1. The van der Waals surface area contributed by atoms with Crippen molar-refractivity contribution < 1.29 is 4.79 Å². The van der Waals surface area contributed by atoms with Crippen LogP contribution in [0, 0.1) is 0 Å². The van der Waals surface area contributed by atoms with Crippen molar-refractivity contribution in [2.75, 3.05) is 19.6 Å². The van der Waals surface area contributed by atoms with E-state index in [1.54, 1.807) is 6.20 Å². The van der Waals surface area contributed by atoms with E-state index in [2.05, 4.69) is 25.9 Å². The van der Waals surface area contributed by atoms with Gasteiger partial charge in [0.05, 0.1) is 6.04 Å². The lowest BCUT2D eigenvalue weighted by Gasteiger charge is -2.24. The highest BCUT2D eigenvalue weighted by Gasteiger charge is 2.32. The molecule has 2 aromatic rings. The fourth-order valence-corrected chi connectivity index (χ4v) is 3.55. The number of hydrogen-bond acceptors (Lipinski definition) is 4. The zero-order valence-electron chi connectivity index (χ0n) is 13.1. The van der Waals surface area contributed by atoms with Crippen LogP contribution in [0.25, 0.3) is 0 Å². The molecule has 6 heteroatoms. The molecule has 4 heterocycles. The van der Waals surface area contributed by atoms with Crippen LogP contribution >= 0.6 is 0 Å². The van der Waals surface area contributed by atoms with E-state index in [9.17, 15) is 4.79 Å². The Labute approximate surface area is 135 Å². The van der Waals surface area contributed by atoms with Crippen LogP contribution in [0.15, 0.2) is 30.7 Å². The fourth-order valence-electron chi connectivity index (χ4n) is 3.55. The predicted octanol–water partition coefficient (Wildman–Crippen LogP) is 1.40. The summed E-state index contributed by atoms with van der Waals surface area (Å²) in [7, 11) is 0. The van der Waals surface area contributed by atoms with Gasteiger partial charge in [0, 0.05) is 51.2 Å². The molecule has 2 aliphatic heterocycles. The largest absolute Gasteiger partial charge is 0.333 e. The molecule has 120 valence electrons. The molecule has 2 aromatic heterocycles. The molecular formula is C17H21N5O. The van der Waals surface area contributed by atoms with Crippen LogP contribution in [0.2, 0.25) is 0 Å². The molecule has 4 rings (SSSR count). The maximum atomic E-state index is 12.9. The summed E-state index contributed by atoms with van der Waals surface area (Å²) in [5.41, 5.74) is 1.70. The third-order valence-electron chi connectivity index (χ3n) is 4.72. The zero-order chi connectivity index (χ0) is 15.6. The van der Waals surface area contributed by atoms with Gasteiger partial charge in [-0.3, -0.25) is 9.78 Å². The number of pyridine rings is 1. The van der Waals surface area contributed by atoms with Crippen LogP contribution < -0.4 is 5.32 Å². The molecule has 6 nitrogen and oxygen atoms in total. The smallest absolute Gasteiger partial charge is 0.274 e. The second-order valence-electron chi connectivity index (χ2n) is 6.18. The van der Waals surface area contributed by atoms with Crippen molar-refractivity contribution in [3.8, 4) is 0 Å². The lowest BCUT2D eigenvalue weighted by Crippen LogP contribution is -2.31. The molecule has 0 radical (unpaired) electrons. The first kappa shape index (κ1) is 14.4. The number of nitrogens with zero attached hydrogens (tertiary/aromatic N) is 4. The van der Waals surface area contributed by atoms with Gasteiger partial charge in [-0.25, -0.2) is 4.98 Å². The van der Waals surface area contributed by atoms with Gasteiger partial charge in [0.15, 0.2) is 0 Å². The van der Waals surface area contributed by atoms with Crippen molar-refractivity contribution in [2.45, 2.75) is 31.8 Å². The first-order valence-corrected chi connectivity index (χ1v) is 8.30. The van der Waals surface area contributed by atoms with Crippen LogP contribution in [0.3, 0.4) is 0 Å². The second kappa shape index (κ2) is 6.12. The Hall–Kier alpha value is -2.21. The second-order valence-corrected chi connectivity index (χ2v) is 6.18. The van der Waals surface area contributed by atoms with E-state index >= 15 is 0 Å². The minimum Gasteiger partial charge on any atom is -0.333 e. The number of imidazole rings is 1. The molecule has 1 saturated heterocycles. The van der Waals surface area contributed by atoms with Crippen LogP contribution in [-0.4, -0.2) is 45.0 Å². The van der Waals surface area contributed by atoms with Crippen LogP contribution in [-0.2, 0) is 13.0 Å². The topological polar surface area (TPSA) is 63.1 Å². The minimum absolute atomic E-state index is 0.0462. The van der Waals surface area contributed by atoms with E-state index in [1.807, 2.05) is 23.4 Å². The number of carbonyl (C=O) groups excluding carboxylic acids is 1. The Bertz CT molecular complexity index is 673. The summed E-state index contributed by atoms with van der Waals surface area (Å²) in [5, 5.41) is 3.35. The molecule has 1 amide bonds. The molecule has 0 saturated carbocycles. The van der Waals surface area contributed by atoms with E-state index in [0.29, 0.717) is 5.69 Å². The van der Waals surface area contributed by atoms with Crippen LogP contribution in [0.1, 0.15) is 40.8 Å². The summed E-state index contributed by atoms with van der Waals surface area (Å²) in [6.45, 7) is 3.52. The molecule has 1 unspecified atom stereocenters. The Morgan fingerprint density at radius 1 is 1.30 bits per heavy atom. The number of aromatic nitrogens is 3. The van der Waals surface area contributed by atoms with Crippen molar-refractivity contribution in [2.24, 2.45) is 0 Å². The summed E-state index contributed by atoms with van der Waals surface area (Å²) >= 11 is 0. The highest BCUT2D eigenvalue weighted by molar-refractivity contribution is 5.92. The van der Waals surface area contributed by atoms with Crippen molar-refractivity contribution in [3.63, 3.8) is 0 Å². The Morgan fingerprint density at radius 2 is 2.26 bits per heavy atom. The summed E-state index contributed by atoms with van der Waals surface area (Å²) in [6.07, 6.45) is 8.45. The van der Waals surface area contributed by atoms with Crippen molar-refractivity contribution in [1.82, 2.24) is 24.8 Å². The van der Waals surface area contributed by atoms with Crippen molar-refractivity contribution >= 4 is 5.91 Å². The van der Waals surface area contributed by atoms with Gasteiger partial charge in [0.2, 0.25) is 0 Å². The van der Waals surface area contributed by atoms with E-state index in [0.717, 1.165) is 56.8 Å². The van der Waals surface area contributed by atoms with E-state index in [1.165, 1.54) is 0 Å². The molecule has 1 fully saturated rings. The number of carbonyl (C=O) groups is 1. The molecule has 0 bridgehead atoms. The predicted molar refractivity (Wildman–Crippen MR) is 86.0 cm³/mol. The highest BCUT2D eigenvalue weighted by atomic mass is 16.2. The van der Waals surface area contributed by atoms with Gasteiger partial charge >= 0.3 is 0 Å².